The zero-order valence-electron chi connectivity index (χ0n) is 13.5. The van der Waals surface area contributed by atoms with Gasteiger partial charge >= 0.3 is 0 Å². The van der Waals surface area contributed by atoms with Gasteiger partial charge in [0.2, 0.25) is 17.6 Å². The molecule has 2 aromatic rings. The van der Waals surface area contributed by atoms with Crippen molar-refractivity contribution < 1.29 is 9.32 Å². The van der Waals surface area contributed by atoms with Gasteiger partial charge in [0.1, 0.15) is 6.04 Å². The van der Waals surface area contributed by atoms with E-state index in [-0.39, 0.29) is 17.9 Å². The highest BCUT2D eigenvalue weighted by molar-refractivity contribution is 5.76. The third kappa shape index (κ3) is 4.16. The molecule has 2 rings (SSSR count). The summed E-state index contributed by atoms with van der Waals surface area (Å²) < 4.78 is 5.37. The van der Waals surface area contributed by atoms with Crippen LogP contribution in [0, 0.1) is 11.8 Å². The molecule has 0 saturated heterocycles. The highest BCUT2D eigenvalue weighted by Crippen LogP contribution is 2.23. The molecule has 1 N–H and O–H groups in total. The Morgan fingerprint density at radius 1 is 1.18 bits per heavy atom. The second-order valence-corrected chi connectivity index (χ2v) is 6.21. The molecule has 0 aliphatic rings. The Kier molecular flexibility index (Phi) is 5.31. The molecule has 22 heavy (non-hydrogen) atoms. The number of carbonyl (C=O) groups excluding carboxylic acids is 1. The minimum absolute atomic E-state index is 0.00756. The average Bonchev–Trinajstić information content (AvgIpc) is 2.94. The monoisotopic (exact) mass is 301 g/mol. The van der Waals surface area contributed by atoms with E-state index in [1.54, 1.807) is 0 Å². The number of hydrogen-bond donors (Lipinski definition) is 1. The molecule has 1 heterocycles. The van der Waals surface area contributed by atoms with Crippen molar-refractivity contribution in [1.82, 2.24) is 15.5 Å². The molecule has 5 nitrogen and oxygen atoms in total. The van der Waals surface area contributed by atoms with Crippen LogP contribution in [-0.4, -0.2) is 16.0 Å². The lowest BCUT2D eigenvalue weighted by molar-refractivity contribution is -0.123. The van der Waals surface area contributed by atoms with Gasteiger partial charge in [0.05, 0.1) is 0 Å². The number of aromatic nitrogens is 2. The average molecular weight is 301 g/mol. The molecule has 0 unspecified atom stereocenters. The first-order valence-electron chi connectivity index (χ1n) is 7.65. The van der Waals surface area contributed by atoms with Gasteiger partial charge in [-0.3, -0.25) is 4.79 Å². The van der Waals surface area contributed by atoms with E-state index in [9.17, 15) is 4.79 Å². The molecule has 1 aromatic carbocycles. The highest BCUT2D eigenvalue weighted by atomic mass is 16.5. The second kappa shape index (κ2) is 7.20. The Morgan fingerprint density at radius 2 is 1.86 bits per heavy atom. The van der Waals surface area contributed by atoms with Gasteiger partial charge in [0.25, 0.3) is 0 Å². The van der Waals surface area contributed by atoms with E-state index >= 15 is 0 Å². The van der Waals surface area contributed by atoms with Crippen LogP contribution in [0.2, 0.25) is 0 Å². The number of nitrogens with zero attached hydrogens (tertiary/aromatic N) is 2. The van der Waals surface area contributed by atoms with Gasteiger partial charge in [-0.15, -0.1) is 0 Å². The predicted octanol–water partition coefficient (Wildman–Crippen LogP) is 3.60. The normalized spacial score (nSPS) is 12.6. The minimum atomic E-state index is -0.267. The van der Waals surface area contributed by atoms with E-state index in [2.05, 4.69) is 15.5 Å². The topological polar surface area (TPSA) is 68.0 Å². The van der Waals surface area contributed by atoms with Crippen LogP contribution in [0.15, 0.2) is 34.9 Å². The molecule has 0 aliphatic carbocycles. The molecule has 118 valence electrons. The summed E-state index contributed by atoms with van der Waals surface area (Å²) in [6, 6.07) is 9.38. The van der Waals surface area contributed by atoms with E-state index in [0.29, 0.717) is 24.1 Å². The van der Waals surface area contributed by atoms with Gasteiger partial charge in [0, 0.05) is 12.0 Å². The second-order valence-electron chi connectivity index (χ2n) is 6.21. The Morgan fingerprint density at radius 3 is 2.45 bits per heavy atom. The lowest BCUT2D eigenvalue weighted by Crippen LogP contribution is -2.32. The third-order valence-corrected chi connectivity index (χ3v) is 3.32. The molecule has 1 aromatic heterocycles. The van der Waals surface area contributed by atoms with Crippen molar-refractivity contribution in [3.8, 4) is 11.4 Å². The molecule has 0 aliphatic heterocycles. The summed E-state index contributed by atoms with van der Waals surface area (Å²) in [5.74, 6) is 1.48. The van der Waals surface area contributed by atoms with E-state index < -0.39 is 0 Å². The number of nitrogens with one attached hydrogen (secondary N) is 1. The Balaban J connectivity index is 2.16. The lowest BCUT2D eigenvalue weighted by atomic mass is 10.0. The van der Waals surface area contributed by atoms with Crippen molar-refractivity contribution in [1.29, 1.82) is 0 Å². The van der Waals surface area contributed by atoms with Gasteiger partial charge in [-0.05, 0) is 11.8 Å². The zero-order chi connectivity index (χ0) is 16.1. The fourth-order valence-electron chi connectivity index (χ4n) is 2.18. The first-order chi connectivity index (χ1) is 10.5. The summed E-state index contributed by atoms with van der Waals surface area (Å²) in [4.78, 5) is 16.5. The molecular weight excluding hydrogens is 278 g/mol. The first kappa shape index (κ1) is 16.2. The predicted molar refractivity (Wildman–Crippen MR) is 84.9 cm³/mol. The molecule has 0 bridgehead atoms. The highest BCUT2D eigenvalue weighted by Gasteiger charge is 2.25. The van der Waals surface area contributed by atoms with Crippen LogP contribution in [0.5, 0.6) is 0 Å². The number of hydrogen-bond acceptors (Lipinski definition) is 4. The quantitative estimate of drug-likeness (QED) is 0.885. The van der Waals surface area contributed by atoms with Crippen molar-refractivity contribution >= 4 is 5.91 Å². The fraction of sp³-hybridized carbons (Fsp3) is 0.471. The summed E-state index contributed by atoms with van der Waals surface area (Å²) in [7, 11) is 0. The Labute approximate surface area is 131 Å². The van der Waals surface area contributed by atoms with Crippen molar-refractivity contribution in [2.24, 2.45) is 11.8 Å². The number of amides is 1. The van der Waals surface area contributed by atoms with Crippen LogP contribution in [0.3, 0.4) is 0 Å². The Bertz CT molecular complexity index is 605. The summed E-state index contributed by atoms with van der Waals surface area (Å²) >= 11 is 0. The molecule has 1 atom stereocenters. The summed E-state index contributed by atoms with van der Waals surface area (Å²) in [6.07, 6.45) is 0.489. The Hall–Kier alpha value is -2.17. The maximum absolute atomic E-state index is 12.0. The van der Waals surface area contributed by atoms with E-state index in [1.807, 2.05) is 58.0 Å². The molecule has 1 amide bonds. The van der Waals surface area contributed by atoms with Gasteiger partial charge in [-0.25, -0.2) is 0 Å². The summed E-state index contributed by atoms with van der Waals surface area (Å²) in [5, 5.41) is 7.01. The van der Waals surface area contributed by atoms with Crippen LogP contribution >= 0.6 is 0 Å². The summed E-state index contributed by atoms with van der Waals surface area (Å²) in [5.41, 5.74) is 0.897. The number of benzene rings is 1. The lowest BCUT2D eigenvalue weighted by Gasteiger charge is -2.19. The minimum Gasteiger partial charge on any atom is -0.344 e. The molecule has 0 fully saturated rings. The van der Waals surface area contributed by atoms with Crippen LogP contribution in [0.1, 0.15) is 46.0 Å². The number of carbonyl (C=O) groups is 1. The summed E-state index contributed by atoms with van der Waals surface area (Å²) in [6.45, 7) is 8.08. The van der Waals surface area contributed by atoms with Crippen LogP contribution in [0.25, 0.3) is 11.4 Å². The van der Waals surface area contributed by atoms with Crippen molar-refractivity contribution in [2.45, 2.75) is 40.2 Å². The largest absolute Gasteiger partial charge is 0.344 e. The third-order valence-electron chi connectivity index (χ3n) is 3.32. The molecular formula is C17H23N3O2. The van der Waals surface area contributed by atoms with Gasteiger partial charge in [-0.1, -0.05) is 63.2 Å². The van der Waals surface area contributed by atoms with E-state index in [1.165, 1.54) is 0 Å². The zero-order valence-corrected chi connectivity index (χ0v) is 13.5. The van der Waals surface area contributed by atoms with Crippen LogP contribution in [0.4, 0.5) is 0 Å². The van der Waals surface area contributed by atoms with Gasteiger partial charge < -0.3 is 9.84 Å². The van der Waals surface area contributed by atoms with Gasteiger partial charge in [0.15, 0.2) is 0 Å². The van der Waals surface area contributed by atoms with Crippen LogP contribution in [-0.2, 0) is 4.79 Å². The fourth-order valence-corrected chi connectivity index (χ4v) is 2.18. The van der Waals surface area contributed by atoms with Crippen molar-refractivity contribution in [2.75, 3.05) is 0 Å². The number of rotatable bonds is 6. The maximum Gasteiger partial charge on any atom is 0.249 e. The first-order valence-corrected chi connectivity index (χ1v) is 7.65. The smallest absolute Gasteiger partial charge is 0.249 e. The standard InChI is InChI=1S/C17H23N3O2/c1-11(2)10-14(21)18-15(12(3)4)17-19-16(20-22-17)13-8-6-5-7-9-13/h5-9,11-12,15H,10H2,1-4H3,(H,18,21)/t15-/m0/s1. The molecule has 0 saturated carbocycles. The maximum atomic E-state index is 12.0. The van der Waals surface area contributed by atoms with Crippen molar-refractivity contribution in [3.05, 3.63) is 36.2 Å². The molecule has 0 spiro atoms. The SMILES string of the molecule is CC(C)CC(=O)N[C@H](c1nc(-c2ccccc2)no1)C(C)C. The van der Waals surface area contributed by atoms with Crippen molar-refractivity contribution in [3.63, 3.8) is 0 Å². The molecule has 5 heteroatoms. The van der Waals surface area contributed by atoms with E-state index in [4.69, 9.17) is 4.52 Å². The van der Waals surface area contributed by atoms with Gasteiger partial charge in [-0.2, -0.15) is 4.98 Å². The van der Waals surface area contributed by atoms with Crippen LogP contribution < -0.4 is 5.32 Å². The molecule has 0 radical (unpaired) electrons. The van der Waals surface area contributed by atoms with E-state index in [0.717, 1.165) is 5.56 Å².